The Hall–Kier alpha value is -2.25. The fourth-order valence-electron chi connectivity index (χ4n) is 1.62. The lowest BCUT2D eigenvalue weighted by Gasteiger charge is -2.13. The molecule has 0 radical (unpaired) electrons. The first-order chi connectivity index (χ1) is 9.36. The van der Waals surface area contributed by atoms with Crippen molar-refractivity contribution in [1.29, 1.82) is 0 Å². The van der Waals surface area contributed by atoms with Gasteiger partial charge in [0.25, 0.3) is 5.56 Å². The van der Waals surface area contributed by atoms with Gasteiger partial charge in [-0.25, -0.2) is 4.79 Å². The van der Waals surface area contributed by atoms with E-state index in [2.05, 4.69) is 15.6 Å². The van der Waals surface area contributed by atoms with Gasteiger partial charge in [0.1, 0.15) is 11.5 Å². The minimum Gasteiger partial charge on any atom is -0.383 e. The van der Waals surface area contributed by atoms with Crippen LogP contribution in [0.15, 0.2) is 9.59 Å². The molecule has 0 aliphatic carbocycles. The van der Waals surface area contributed by atoms with Crippen LogP contribution in [0.25, 0.3) is 0 Å². The van der Waals surface area contributed by atoms with Crippen molar-refractivity contribution in [3.63, 3.8) is 0 Å². The number of amides is 1. The van der Waals surface area contributed by atoms with Crippen LogP contribution in [0.4, 0.5) is 11.5 Å². The molecule has 8 heteroatoms. The molecule has 0 saturated heterocycles. The average molecular weight is 283 g/mol. The van der Waals surface area contributed by atoms with E-state index in [4.69, 9.17) is 5.73 Å². The Kier molecular flexibility index (Phi) is 5.36. The van der Waals surface area contributed by atoms with Crippen LogP contribution in [0, 0.1) is 5.92 Å². The number of carbonyl (C=O) groups is 1. The van der Waals surface area contributed by atoms with Crippen molar-refractivity contribution in [3.8, 4) is 0 Å². The summed E-state index contributed by atoms with van der Waals surface area (Å²) in [6.07, 6.45) is 0. The van der Waals surface area contributed by atoms with Gasteiger partial charge in [-0.3, -0.25) is 19.1 Å². The van der Waals surface area contributed by atoms with Crippen LogP contribution in [-0.4, -0.2) is 28.5 Å². The lowest BCUT2D eigenvalue weighted by atomic mass is 10.2. The highest BCUT2D eigenvalue weighted by molar-refractivity contribution is 5.81. The second-order valence-corrected chi connectivity index (χ2v) is 4.82. The molecule has 0 saturated carbocycles. The molecule has 1 heterocycles. The van der Waals surface area contributed by atoms with E-state index in [0.717, 1.165) is 0 Å². The SMILES string of the molecule is CCn1c(N)c(NCC(=O)NCC(C)C)c(=O)[nH]c1=O. The zero-order chi connectivity index (χ0) is 15.3. The summed E-state index contributed by atoms with van der Waals surface area (Å²) in [7, 11) is 0. The number of H-pyrrole nitrogens is 1. The standard InChI is InChI=1S/C12H21N5O3/c1-4-17-10(13)9(11(19)16-12(17)20)15-6-8(18)14-5-7(2)3/h7,15H,4-6,13H2,1-3H3,(H,14,18)(H,16,19,20). The zero-order valence-electron chi connectivity index (χ0n) is 11.9. The van der Waals surface area contributed by atoms with Crippen LogP contribution in [0.3, 0.4) is 0 Å². The fourth-order valence-corrected chi connectivity index (χ4v) is 1.62. The molecule has 0 bridgehead atoms. The predicted octanol–water partition coefficient (Wildman–Crippen LogP) is -0.677. The molecular formula is C12H21N5O3. The first-order valence-electron chi connectivity index (χ1n) is 6.50. The maximum Gasteiger partial charge on any atom is 0.330 e. The predicted molar refractivity (Wildman–Crippen MR) is 77.7 cm³/mol. The van der Waals surface area contributed by atoms with Gasteiger partial charge in [0.2, 0.25) is 5.91 Å². The minimum absolute atomic E-state index is 0.0258. The molecule has 0 unspecified atom stereocenters. The molecule has 112 valence electrons. The first-order valence-corrected chi connectivity index (χ1v) is 6.50. The van der Waals surface area contributed by atoms with E-state index in [9.17, 15) is 14.4 Å². The highest BCUT2D eigenvalue weighted by Crippen LogP contribution is 2.08. The lowest BCUT2D eigenvalue weighted by molar-refractivity contribution is -0.119. The number of aromatic nitrogens is 2. The molecule has 0 aliphatic heterocycles. The van der Waals surface area contributed by atoms with Gasteiger partial charge in [0.15, 0.2) is 0 Å². The number of nitrogens with two attached hydrogens (primary N) is 1. The van der Waals surface area contributed by atoms with Crippen molar-refractivity contribution in [1.82, 2.24) is 14.9 Å². The molecular weight excluding hydrogens is 262 g/mol. The number of hydrogen-bond donors (Lipinski definition) is 4. The second-order valence-electron chi connectivity index (χ2n) is 4.82. The highest BCUT2D eigenvalue weighted by atomic mass is 16.2. The van der Waals surface area contributed by atoms with Crippen LogP contribution in [0.2, 0.25) is 0 Å². The molecule has 1 rings (SSSR count). The molecule has 8 nitrogen and oxygen atoms in total. The Morgan fingerprint density at radius 3 is 2.60 bits per heavy atom. The van der Waals surface area contributed by atoms with Gasteiger partial charge < -0.3 is 16.4 Å². The van der Waals surface area contributed by atoms with Crippen molar-refractivity contribution in [2.24, 2.45) is 5.92 Å². The van der Waals surface area contributed by atoms with E-state index in [1.54, 1.807) is 6.92 Å². The number of nitrogens with zero attached hydrogens (tertiary/aromatic N) is 1. The zero-order valence-corrected chi connectivity index (χ0v) is 11.9. The smallest absolute Gasteiger partial charge is 0.330 e. The summed E-state index contributed by atoms with van der Waals surface area (Å²) >= 11 is 0. The topological polar surface area (TPSA) is 122 Å². The van der Waals surface area contributed by atoms with Crippen molar-refractivity contribution in [2.75, 3.05) is 24.1 Å². The molecule has 0 aromatic carbocycles. The van der Waals surface area contributed by atoms with Crippen molar-refractivity contribution < 1.29 is 4.79 Å². The van der Waals surface area contributed by atoms with E-state index >= 15 is 0 Å². The van der Waals surface area contributed by atoms with Crippen LogP contribution < -0.4 is 27.6 Å². The van der Waals surface area contributed by atoms with Crippen LogP contribution in [-0.2, 0) is 11.3 Å². The Morgan fingerprint density at radius 2 is 2.05 bits per heavy atom. The number of hydrogen-bond acceptors (Lipinski definition) is 5. The van der Waals surface area contributed by atoms with Gasteiger partial charge in [-0.1, -0.05) is 13.8 Å². The monoisotopic (exact) mass is 283 g/mol. The Labute approximate surface area is 116 Å². The van der Waals surface area contributed by atoms with Crippen molar-refractivity contribution >= 4 is 17.4 Å². The number of anilines is 2. The maximum absolute atomic E-state index is 11.7. The fraction of sp³-hybridized carbons (Fsp3) is 0.583. The molecule has 20 heavy (non-hydrogen) atoms. The summed E-state index contributed by atoms with van der Waals surface area (Å²) in [4.78, 5) is 36.9. The van der Waals surface area contributed by atoms with Gasteiger partial charge >= 0.3 is 5.69 Å². The van der Waals surface area contributed by atoms with Crippen LogP contribution in [0.5, 0.6) is 0 Å². The number of rotatable bonds is 6. The lowest BCUT2D eigenvalue weighted by Crippen LogP contribution is -2.37. The third-order valence-corrected chi connectivity index (χ3v) is 2.69. The van der Waals surface area contributed by atoms with E-state index < -0.39 is 11.2 Å². The van der Waals surface area contributed by atoms with Crippen molar-refractivity contribution in [2.45, 2.75) is 27.3 Å². The van der Waals surface area contributed by atoms with Gasteiger partial charge in [-0.2, -0.15) is 0 Å². The van der Waals surface area contributed by atoms with Gasteiger partial charge in [-0.15, -0.1) is 0 Å². The summed E-state index contributed by atoms with van der Waals surface area (Å²) < 4.78 is 1.22. The van der Waals surface area contributed by atoms with E-state index in [1.165, 1.54) is 4.57 Å². The molecule has 1 aromatic rings. The summed E-state index contributed by atoms with van der Waals surface area (Å²) in [6.45, 7) is 6.49. The number of aromatic amines is 1. The third-order valence-electron chi connectivity index (χ3n) is 2.69. The molecule has 0 spiro atoms. The van der Waals surface area contributed by atoms with Crippen LogP contribution in [0.1, 0.15) is 20.8 Å². The maximum atomic E-state index is 11.7. The number of nitrogens with one attached hydrogen (secondary N) is 3. The number of nitrogen functional groups attached to an aromatic ring is 1. The van der Waals surface area contributed by atoms with E-state index in [-0.39, 0.29) is 24.0 Å². The van der Waals surface area contributed by atoms with Gasteiger partial charge in [0.05, 0.1) is 6.54 Å². The summed E-state index contributed by atoms with van der Waals surface area (Å²) in [6, 6.07) is 0. The van der Waals surface area contributed by atoms with Crippen molar-refractivity contribution in [3.05, 3.63) is 20.8 Å². The Balaban J connectivity index is 2.81. The van der Waals surface area contributed by atoms with Gasteiger partial charge in [0, 0.05) is 13.1 Å². The third kappa shape index (κ3) is 3.87. The average Bonchev–Trinajstić information content (AvgIpc) is 2.36. The molecule has 0 atom stereocenters. The van der Waals surface area contributed by atoms with E-state index in [1.807, 2.05) is 13.8 Å². The largest absolute Gasteiger partial charge is 0.383 e. The highest BCUT2D eigenvalue weighted by Gasteiger charge is 2.12. The Bertz CT molecular complexity index is 588. The summed E-state index contributed by atoms with van der Waals surface area (Å²) in [5.41, 5.74) is 4.59. The van der Waals surface area contributed by atoms with Crippen LogP contribution >= 0.6 is 0 Å². The van der Waals surface area contributed by atoms with E-state index in [0.29, 0.717) is 19.0 Å². The quantitative estimate of drug-likeness (QED) is 0.551. The summed E-state index contributed by atoms with van der Waals surface area (Å²) in [5.74, 6) is 0.124. The summed E-state index contributed by atoms with van der Waals surface area (Å²) in [5, 5.41) is 5.37. The molecule has 1 amide bonds. The first kappa shape index (κ1) is 15.8. The Morgan fingerprint density at radius 1 is 1.40 bits per heavy atom. The normalized spacial score (nSPS) is 10.6. The molecule has 0 aliphatic rings. The minimum atomic E-state index is -0.631. The molecule has 1 aromatic heterocycles. The second kappa shape index (κ2) is 6.78. The van der Waals surface area contributed by atoms with Gasteiger partial charge in [-0.05, 0) is 12.8 Å². The molecule has 0 fully saturated rings. The number of carbonyl (C=O) groups excluding carboxylic acids is 1. The molecule has 5 N–H and O–H groups in total.